The number of carboxylic acid groups (broad SMARTS) is 1. The standard InChI is InChI=1S/C24H28O5/c1-15(24(26)27)23(17-8-9-17)18-4-2-6-20(12-18)28-14-16-10-22(11-16)29-21-7-3-5-19(25)13-21/h2-7,12-13,15-17,22-23,25H,8-11,14H2,1H3,(H,26,27)/t15-,16?,22?,23-/m0/s1. The Hall–Kier alpha value is -2.69. The minimum absolute atomic E-state index is 0.0554. The number of aromatic hydroxyl groups is 1. The number of aliphatic carboxylic acids is 1. The lowest BCUT2D eigenvalue weighted by Gasteiger charge is -2.35. The lowest BCUT2D eigenvalue weighted by atomic mass is 9.82. The second-order valence-electron chi connectivity index (χ2n) is 8.45. The molecule has 2 saturated carbocycles. The van der Waals surface area contributed by atoms with Gasteiger partial charge in [0, 0.05) is 6.07 Å². The summed E-state index contributed by atoms with van der Waals surface area (Å²) in [7, 11) is 0. The molecule has 2 fully saturated rings. The van der Waals surface area contributed by atoms with Crippen molar-refractivity contribution >= 4 is 5.97 Å². The van der Waals surface area contributed by atoms with Gasteiger partial charge in [0.1, 0.15) is 17.2 Å². The summed E-state index contributed by atoms with van der Waals surface area (Å²) in [6, 6.07) is 14.8. The fraction of sp³-hybridized carbons (Fsp3) is 0.458. The fourth-order valence-electron chi connectivity index (χ4n) is 4.26. The molecule has 2 N–H and O–H groups in total. The first kappa shape index (κ1) is 19.6. The van der Waals surface area contributed by atoms with Gasteiger partial charge in [-0.25, -0.2) is 0 Å². The van der Waals surface area contributed by atoms with Gasteiger partial charge >= 0.3 is 5.97 Å². The van der Waals surface area contributed by atoms with E-state index in [1.165, 1.54) is 0 Å². The summed E-state index contributed by atoms with van der Waals surface area (Å²) < 4.78 is 11.9. The van der Waals surface area contributed by atoms with E-state index in [0.717, 1.165) is 37.0 Å². The van der Waals surface area contributed by atoms with Crippen LogP contribution in [-0.2, 0) is 4.79 Å². The third-order valence-electron chi connectivity index (χ3n) is 6.10. The monoisotopic (exact) mass is 396 g/mol. The average Bonchev–Trinajstić information content (AvgIpc) is 3.49. The topological polar surface area (TPSA) is 76.0 Å². The van der Waals surface area contributed by atoms with Gasteiger partial charge in [0.05, 0.1) is 18.6 Å². The van der Waals surface area contributed by atoms with E-state index in [9.17, 15) is 15.0 Å². The van der Waals surface area contributed by atoms with Crippen molar-refractivity contribution in [2.24, 2.45) is 17.8 Å². The number of benzene rings is 2. The Bertz CT molecular complexity index is 854. The van der Waals surface area contributed by atoms with Crippen LogP contribution in [0.5, 0.6) is 17.2 Å². The summed E-state index contributed by atoms with van der Waals surface area (Å²) in [5.74, 6) is 1.56. The molecule has 4 rings (SSSR count). The second kappa shape index (κ2) is 8.36. The maximum absolute atomic E-state index is 11.5. The van der Waals surface area contributed by atoms with Crippen LogP contribution in [0.25, 0.3) is 0 Å². The van der Waals surface area contributed by atoms with Gasteiger partial charge in [-0.1, -0.05) is 25.1 Å². The second-order valence-corrected chi connectivity index (χ2v) is 8.45. The summed E-state index contributed by atoms with van der Waals surface area (Å²) in [5, 5.41) is 19.0. The first-order valence-corrected chi connectivity index (χ1v) is 10.4. The van der Waals surface area contributed by atoms with E-state index in [4.69, 9.17) is 9.47 Å². The number of carboxylic acids is 1. The van der Waals surface area contributed by atoms with E-state index >= 15 is 0 Å². The van der Waals surface area contributed by atoms with E-state index in [1.54, 1.807) is 25.1 Å². The summed E-state index contributed by atoms with van der Waals surface area (Å²) in [5.41, 5.74) is 1.07. The van der Waals surface area contributed by atoms with E-state index in [2.05, 4.69) is 0 Å². The van der Waals surface area contributed by atoms with Crippen molar-refractivity contribution in [2.45, 2.75) is 44.6 Å². The van der Waals surface area contributed by atoms with Gasteiger partial charge in [-0.3, -0.25) is 4.79 Å². The molecule has 2 atom stereocenters. The minimum Gasteiger partial charge on any atom is -0.508 e. The SMILES string of the molecule is C[C@H](C(=O)O)[C@H](c1cccc(OCC2CC(Oc3cccc(O)c3)C2)c1)C1CC1. The summed E-state index contributed by atoms with van der Waals surface area (Å²) >= 11 is 0. The Morgan fingerprint density at radius 3 is 2.52 bits per heavy atom. The van der Waals surface area contributed by atoms with Crippen LogP contribution in [-0.4, -0.2) is 28.9 Å². The van der Waals surface area contributed by atoms with E-state index < -0.39 is 5.97 Å². The van der Waals surface area contributed by atoms with Gasteiger partial charge in [-0.05, 0) is 73.3 Å². The molecule has 2 aromatic carbocycles. The third-order valence-corrected chi connectivity index (χ3v) is 6.10. The summed E-state index contributed by atoms with van der Waals surface area (Å²) in [6.07, 6.45) is 4.23. The maximum atomic E-state index is 11.5. The highest BCUT2D eigenvalue weighted by molar-refractivity contribution is 5.71. The Kier molecular flexibility index (Phi) is 5.65. The van der Waals surface area contributed by atoms with Crippen LogP contribution < -0.4 is 9.47 Å². The van der Waals surface area contributed by atoms with E-state index in [1.807, 2.05) is 30.3 Å². The van der Waals surface area contributed by atoms with Gasteiger partial charge in [-0.2, -0.15) is 0 Å². The third kappa shape index (κ3) is 4.84. The van der Waals surface area contributed by atoms with Crippen LogP contribution in [0.1, 0.15) is 44.1 Å². The fourth-order valence-corrected chi connectivity index (χ4v) is 4.26. The molecule has 0 aromatic heterocycles. The Morgan fingerprint density at radius 2 is 1.83 bits per heavy atom. The molecular formula is C24H28O5. The molecule has 2 aromatic rings. The number of rotatable bonds is 9. The van der Waals surface area contributed by atoms with Gasteiger partial charge in [0.15, 0.2) is 0 Å². The zero-order chi connectivity index (χ0) is 20.4. The average molecular weight is 396 g/mol. The number of phenols is 1. The van der Waals surface area contributed by atoms with Crippen molar-refractivity contribution in [3.63, 3.8) is 0 Å². The molecule has 0 unspecified atom stereocenters. The number of phenolic OH excluding ortho intramolecular Hbond substituents is 1. The Labute approximate surface area is 171 Å². The van der Waals surface area contributed by atoms with Crippen molar-refractivity contribution in [1.29, 1.82) is 0 Å². The molecule has 5 heteroatoms. The van der Waals surface area contributed by atoms with Crippen molar-refractivity contribution in [3.05, 3.63) is 54.1 Å². The molecule has 5 nitrogen and oxygen atoms in total. The Morgan fingerprint density at radius 1 is 1.10 bits per heavy atom. The number of hydrogen-bond donors (Lipinski definition) is 2. The molecule has 0 radical (unpaired) electrons. The zero-order valence-corrected chi connectivity index (χ0v) is 16.7. The number of ether oxygens (including phenoxy) is 2. The number of carbonyl (C=O) groups is 1. The van der Waals surface area contributed by atoms with Crippen LogP contribution >= 0.6 is 0 Å². The molecule has 2 aliphatic carbocycles. The molecule has 0 saturated heterocycles. The van der Waals surface area contributed by atoms with Gasteiger partial charge < -0.3 is 19.7 Å². The highest BCUT2D eigenvalue weighted by Crippen LogP contribution is 2.47. The van der Waals surface area contributed by atoms with Gasteiger partial charge in [0.25, 0.3) is 0 Å². The first-order valence-electron chi connectivity index (χ1n) is 10.4. The molecule has 0 bridgehead atoms. The van der Waals surface area contributed by atoms with Crippen molar-refractivity contribution in [2.75, 3.05) is 6.61 Å². The highest BCUT2D eigenvalue weighted by Gasteiger charge is 2.38. The predicted molar refractivity (Wildman–Crippen MR) is 109 cm³/mol. The van der Waals surface area contributed by atoms with Crippen LogP contribution in [0.3, 0.4) is 0 Å². The molecule has 0 aliphatic heterocycles. The quantitative estimate of drug-likeness (QED) is 0.634. The smallest absolute Gasteiger partial charge is 0.306 e. The Balaban J connectivity index is 1.29. The van der Waals surface area contributed by atoms with E-state index in [0.29, 0.717) is 24.2 Å². The molecule has 0 amide bonds. The predicted octanol–water partition coefficient (Wildman–Crippen LogP) is 4.84. The number of hydrogen-bond acceptors (Lipinski definition) is 4. The van der Waals surface area contributed by atoms with Crippen LogP contribution in [0.2, 0.25) is 0 Å². The van der Waals surface area contributed by atoms with Crippen LogP contribution in [0.4, 0.5) is 0 Å². The summed E-state index contributed by atoms with van der Waals surface area (Å²) in [4.78, 5) is 11.5. The van der Waals surface area contributed by atoms with Gasteiger partial charge in [0.2, 0.25) is 0 Å². The highest BCUT2D eigenvalue weighted by atomic mass is 16.5. The van der Waals surface area contributed by atoms with E-state index in [-0.39, 0.29) is 23.7 Å². The molecule has 0 heterocycles. The molecule has 154 valence electrons. The summed E-state index contributed by atoms with van der Waals surface area (Å²) in [6.45, 7) is 2.44. The lowest BCUT2D eigenvalue weighted by Crippen LogP contribution is -2.37. The first-order chi connectivity index (χ1) is 14.0. The molecule has 2 aliphatic rings. The minimum atomic E-state index is -0.736. The lowest BCUT2D eigenvalue weighted by molar-refractivity contribution is -0.142. The largest absolute Gasteiger partial charge is 0.508 e. The van der Waals surface area contributed by atoms with Gasteiger partial charge in [-0.15, -0.1) is 0 Å². The van der Waals surface area contributed by atoms with Crippen molar-refractivity contribution in [3.8, 4) is 17.2 Å². The van der Waals surface area contributed by atoms with Crippen molar-refractivity contribution < 1.29 is 24.5 Å². The van der Waals surface area contributed by atoms with Crippen LogP contribution in [0, 0.1) is 17.8 Å². The molecular weight excluding hydrogens is 368 g/mol. The normalized spacial score (nSPS) is 22.9. The maximum Gasteiger partial charge on any atom is 0.306 e. The van der Waals surface area contributed by atoms with Crippen molar-refractivity contribution in [1.82, 2.24) is 0 Å². The molecule has 29 heavy (non-hydrogen) atoms. The zero-order valence-electron chi connectivity index (χ0n) is 16.7. The van der Waals surface area contributed by atoms with Crippen LogP contribution in [0.15, 0.2) is 48.5 Å². The molecule has 0 spiro atoms.